The fourth-order valence-electron chi connectivity index (χ4n) is 1.78. The van der Waals surface area contributed by atoms with Crippen LogP contribution in [-0.2, 0) is 6.54 Å². The lowest BCUT2D eigenvalue weighted by atomic mass is 10.2. The van der Waals surface area contributed by atoms with Crippen LogP contribution < -0.4 is 0 Å². The number of rotatable bonds is 4. The minimum atomic E-state index is -0.0217. The van der Waals surface area contributed by atoms with Crippen LogP contribution in [0.3, 0.4) is 0 Å². The van der Waals surface area contributed by atoms with Gasteiger partial charge in [-0.3, -0.25) is 4.79 Å². The summed E-state index contributed by atoms with van der Waals surface area (Å²) in [7, 11) is 0. The van der Waals surface area contributed by atoms with Crippen molar-refractivity contribution < 1.29 is 4.79 Å². The summed E-state index contributed by atoms with van der Waals surface area (Å²) in [6.45, 7) is 6.67. The molecule has 4 nitrogen and oxygen atoms in total. The van der Waals surface area contributed by atoms with E-state index in [0.29, 0.717) is 10.7 Å². The van der Waals surface area contributed by atoms with Crippen LogP contribution in [0.5, 0.6) is 0 Å². The molecule has 2 rings (SSSR count). The van der Waals surface area contributed by atoms with Gasteiger partial charge in [-0.1, -0.05) is 6.92 Å². The maximum Gasteiger partial charge on any atom is 0.240 e. The molecule has 2 aromatic rings. The monoisotopic (exact) mass is 249 g/mol. The number of ketones is 1. The van der Waals surface area contributed by atoms with E-state index >= 15 is 0 Å². The SMILES string of the molecule is CCCn1ccnc1C(=O)c1sc(C)nc1C. The van der Waals surface area contributed by atoms with Crippen molar-refractivity contribution in [1.29, 1.82) is 0 Å². The summed E-state index contributed by atoms with van der Waals surface area (Å²) >= 11 is 1.43. The van der Waals surface area contributed by atoms with Gasteiger partial charge >= 0.3 is 0 Å². The van der Waals surface area contributed by atoms with Gasteiger partial charge in [-0.2, -0.15) is 0 Å². The zero-order valence-corrected chi connectivity index (χ0v) is 11.0. The molecule has 2 heterocycles. The van der Waals surface area contributed by atoms with E-state index in [4.69, 9.17) is 0 Å². The van der Waals surface area contributed by atoms with E-state index < -0.39 is 0 Å². The van der Waals surface area contributed by atoms with E-state index in [0.717, 1.165) is 23.7 Å². The standard InChI is InChI=1S/C12H15N3OS/c1-4-6-15-7-5-13-12(15)10(16)11-8(2)14-9(3)17-11/h5,7H,4,6H2,1-3H3. The molecule has 0 aromatic carbocycles. The highest BCUT2D eigenvalue weighted by Gasteiger charge is 2.19. The Morgan fingerprint density at radius 3 is 2.82 bits per heavy atom. The number of carbonyl (C=O) groups is 1. The average molecular weight is 249 g/mol. The molecule has 0 N–H and O–H groups in total. The Morgan fingerprint density at radius 2 is 2.24 bits per heavy atom. The Balaban J connectivity index is 2.37. The highest BCUT2D eigenvalue weighted by Crippen LogP contribution is 2.20. The minimum absolute atomic E-state index is 0.0217. The van der Waals surface area contributed by atoms with E-state index in [2.05, 4.69) is 16.9 Å². The third kappa shape index (κ3) is 2.29. The Kier molecular flexibility index (Phi) is 3.38. The predicted octanol–water partition coefficient (Wildman–Crippen LogP) is 2.60. The van der Waals surface area contributed by atoms with Gasteiger partial charge in [0.2, 0.25) is 5.78 Å². The lowest BCUT2D eigenvalue weighted by molar-refractivity contribution is 0.102. The molecule has 0 spiro atoms. The van der Waals surface area contributed by atoms with Crippen LogP contribution in [0.25, 0.3) is 0 Å². The molecule has 0 fully saturated rings. The topological polar surface area (TPSA) is 47.8 Å². The Labute approximate surface area is 104 Å². The summed E-state index contributed by atoms with van der Waals surface area (Å²) in [5.41, 5.74) is 0.795. The number of imidazole rings is 1. The molecule has 17 heavy (non-hydrogen) atoms. The smallest absolute Gasteiger partial charge is 0.240 e. The number of nitrogens with zero attached hydrogens (tertiary/aromatic N) is 3. The quantitative estimate of drug-likeness (QED) is 0.782. The molecule has 0 aliphatic carbocycles. The van der Waals surface area contributed by atoms with Crippen molar-refractivity contribution in [1.82, 2.24) is 14.5 Å². The minimum Gasteiger partial charge on any atom is -0.328 e. The second-order valence-corrected chi connectivity index (χ2v) is 5.12. The lowest BCUT2D eigenvalue weighted by Crippen LogP contribution is -2.11. The summed E-state index contributed by atoms with van der Waals surface area (Å²) in [5, 5.41) is 0.916. The number of hydrogen-bond acceptors (Lipinski definition) is 4. The number of aryl methyl sites for hydroxylation is 3. The predicted molar refractivity (Wildman–Crippen MR) is 67.5 cm³/mol. The number of thiazole rings is 1. The molecule has 0 aliphatic heterocycles. The zero-order valence-electron chi connectivity index (χ0n) is 10.2. The van der Waals surface area contributed by atoms with E-state index in [-0.39, 0.29) is 5.78 Å². The molecule has 0 amide bonds. The van der Waals surface area contributed by atoms with Gasteiger partial charge in [-0.25, -0.2) is 9.97 Å². The van der Waals surface area contributed by atoms with Gasteiger partial charge < -0.3 is 4.57 Å². The molecule has 90 valence electrons. The summed E-state index contributed by atoms with van der Waals surface area (Å²) in [4.78, 5) is 21.5. The Hall–Kier alpha value is -1.49. The average Bonchev–Trinajstić information content (AvgIpc) is 2.85. The molecule has 0 bridgehead atoms. The summed E-state index contributed by atoms with van der Waals surface area (Å²) in [5.74, 6) is 0.491. The third-order valence-electron chi connectivity index (χ3n) is 2.49. The zero-order chi connectivity index (χ0) is 12.4. The fourth-order valence-corrected chi connectivity index (χ4v) is 2.64. The van der Waals surface area contributed by atoms with Crippen LogP contribution in [-0.4, -0.2) is 20.3 Å². The molecule has 0 atom stereocenters. The summed E-state index contributed by atoms with van der Waals surface area (Å²) in [6.07, 6.45) is 4.50. The molecule has 0 unspecified atom stereocenters. The van der Waals surface area contributed by atoms with E-state index in [1.807, 2.05) is 24.6 Å². The third-order valence-corrected chi connectivity index (χ3v) is 3.56. The second-order valence-electron chi connectivity index (χ2n) is 3.92. The number of aromatic nitrogens is 3. The van der Waals surface area contributed by atoms with Crippen molar-refractivity contribution in [2.45, 2.75) is 33.7 Å². The normalized spacial score (nSPS) is 10.8. The first-order valence-electron chi connectivity index (χ1n) is 5.63. The van der Waals surface area contributed by atoms with Gasteiger partial charge in [0.1, 0.15) is 4.88 Å². The molecule has 0 saturated heterocycles. The molecular weight excluding hydrogens is 234 g/mol. The maximum atomic E-state index is 12.3. The van der Waals surface area contributed by atoms with Crippen molar-refractivity contribution in [3.63, 3.8) is 0 Å². The molecule has 0 aliphatic rings. The van der Waals surface area contributed by atoms with Crippen LogP contribution in [0.1, 0.15) is 39.5 Å². The van der Waals surface area contributed by atoms with Crippen LogP contribution in [0.15, 0.2) is 12.4 Å². The Bertz CT molecular complexity index is 542. The second kappa shape index (κ2) is 4.79. The van der Waals surface area contributed by atoms with Crippen molar-refractivity contribution in [2.24, 2.45) is 0 Å². The van der Waals surface area contributed by atoms with Gasteiger partial charge in [0.05, 0.1) is 10.7 Å². The summed E-state index contributed by atoms with van der Waals surface area (Å²) in [6, 6.07) is 0. The molecule has 5 heteroatoms. The van der Waals surface area contributed by atoms with Crippen LogP contribution in [0.2, 0.25) is 0 Å². The highest BCUT2D eigenvalue weighted by atomic mass is 32.1. The first kappa shape index (κ1) is 12.0. The maximum absolute atomic E-state index is 12.3. The van der Waals surface area contributed by atoms with Gasteiger partial charge in [-0.05, 0) is 20.3 Å². The van der Waals surface area contributed by atoms with E-state index in [1.165, 1.54) is 11.3 Å². The number of hydrogen-bond donors (Lipinski definition) is 0. The van der Waals surface area contributed by atoms with Crippen LogP contribution in [0, 0.1) is 13.8 Å². The van der Waals surface area contributed by atoms with E-state index in [9.17, 15) is 4.79 Å². The van der Waals surface area contributed by atoms with Crippen LogP contribution in [0.4, 0.5) is 0 Å². The number of carbonyl (C=O) groups excluding carboxylic acids is 1. The molecule has 2 aromatic heterocycles. The Morgan fingerprint density at radius 1 is 1.47 bits per heavy atom. The highest BCUT2D eigenvalue weighted by molar-refractivity contribution is 7.13. The largest absolute Gasteiger partial charge is 0.328 e. The van der Waals surface area contributed by atoms with Crippen molar-refractivity contribution >= 4 is 17.1 Å². The van der Waals surface area contributed by atoms with E-state index in [1.54, 1.807) is 6.20 Å². The molecule has 0 radical (unpaired) electrons. The molecular formula is C12H15N3OS. The first-order chi connectivity index (χ1) is 8.13. The van der Waals surface area contributed by atoms with Crippen molar-refractivity contribution in [2.75, 3.05) is 0 Å². The van der Waals surface area contributed by atoms with Gasteiger partial charge in [0, 0.05) is 18.9 Å². The lowest BCUT2D eigenvalue weighted by Gasteiger charge is -2.04. The van der Waals surface area contributed by atoms with Crippen molar-refractivity contribution in [3.8, 4) is 0 Å². The van der Waals surface area contributed by atoms with Gasteiger partial charge in [0.25, 0.3) is 0 Å². The molecule has 0 saturated carbocycles. The van der Waals surface area contributed by atoms with Crippen LogP contribution >= 0.6 is 11.3 Å². The van der Waals surface area contributed by atoms with Gasteiger partial charge in [0.15, 0.2) is 5.82 Å². The van der Waals surface area contributed by atoms with Gasteiger partial charge in [-0.15, -0.1) is 11.3 Å². The first-order valence-corrected chi connectivity index (χ1v) is 6.45. The van der Waals surface area contributed by atoms with Crippen molar-refractivity contribution in [3.05, 3.63) is 33.8 Å². The summed E-state index contributed by atoms with van der Waals surface area (Å²) < 4.78 is 1.90. The fraction of sp³-hybridized carbons (Fsp3) is 0.417.